The van der Waals surface area contributed by atoms with E-state index in [1.165, 1.54) is 0 Å². The zero-order valence-electron chi connectivity index (χ0n) is 10.0. The number of nitrogens with zero attached hydrogens (tertiary/aromatic N) is 1. The fourth-order valence-corrected chi connectivity index (χ4v) is 2.07. The molecule has 1 N–H and O–H groups in total. The van der Waals surface area contributed by atoms with E-state index in [1.807, 2.05) is 0 Å². The van der Waals surface area contributed by atoms with Crippen molar-refractivity contribution in [2.24, 2.45) is 5.41 Å². The zero-order valence-corrected chi connectivity index (χ0v) is 10.0. The van der Waals surface area contributed by atoms with Gasteiger partial charge in [-0.25, -0.2) is 9.69 Å². The third-order valence-electron chi connectivity index (χ3n) is 2.50. The monoisotopic (exact) mass is 217 g/mol. The van der Waals surface area contributed by atoms with Gasteiger partial charge in [-0.1, -0.05) is 13.8 Å². The van der Waals surface area contributed by atoms with Gasteiger partial charge in [-0.15, -0.1) is 0 Å². The van der Waals surface area contributed by atoms with E-state index in [9.17, 15) is 4.79 Å². The number of amides is 2. The number of quaternary nitrogens is 1. The third-order valence-corrected chi connectivity index (χ3v) is 2.50. The molecule has 5 heteroatoms. The summed E-state index contributed by atoms with van der Waals surface area (Å²) in [6.07, 6.45) is 0. The van der Waals surface area contributed by atoms with Crippen molar-refractivity contribution in [2.75, 3.05) is 40.8 Å². The molecule has 1 atom stereocenters. The zero-order chi connectivity index (χ0) is 11.5. The second-order valence-electron chi connectivity index (χ2n) is 4.80. The van der Waals surface area contributed by atoms with Gasteiger partial charge in [0.15, 0.2) is 6.73 Å². The highest BCUT2D eigenvalue weighted by molar-refractivity contribution is 5.65. The normalized spacial score (nSPS) is 25.7. The Balaban J connectivity index is 2.69. The molecule has 1 fully saturated rings. The molecule has 88 valence electrons. The van der Waals surface area contributed by atoms with Crippen LogP contribution in [0.2, 0.25) is 0 Å². The van der Waals surface area contributed by atoms with E-state index in [0.717, 1.165) is 18.0 Å². The smallest absolute Gasteiger partial charge is 0.364 e. The summed E-state index contributed by atoms with van der Waals surface area (Å²) in [5.74, 6) is 0. The first-order chi connectivity index (χ1) is 7.00. The average molecular weight is 217 g/mol. The van der Waals surface area contributed by atoms with Gasteiger partial charge >= 0.3 is 6.03 Å². The van der Waals surface area contributed by atoms with Crippen molar-refractivity contribution in [3.8, 4) is 0 Å². The minimum absolute atomic E-state index is 0.0676. The summed E-state index contributed by atoms with van der Waals surface area (Å²) < 4.78 is 10.1. The molecule has 1 rings (SSSR count). The predicted octanol–water partition coefficient (Wildman–Crippen LogP) is -0.459. The SMILES string of the molecule is COCN1CC(C)(C)C[NH+](COC)C1=O. The van der Waals surface area contributed by atoms with Gasteiger partial charge in [-0.05, 0) is 0 Å². The topological polar surface area (TPSA) is 43.2 Å². The van der Waals surface area contributed by atoms with Crippen LogP contribution in [0.5, 0.6) is 0 Å². The van der Waals surface area contributed by atoms with Gasteiger partial charge in [0.1, 0.15) is 6.73 Å². The van der Waals surface area contributed by atoms with Gasteiger partial charge in [-0.3, -0.25) is 4.90 Å². The maximum Gasteiger partial charge on any atom is 0.421 e. The van der Waals surface area contributed by atoms with E-state index in [0.29, 0.717) is 13.5 Å². The molecule has 1 unspecified atom stereocenters. The summed E-state index contributed by atoms with van der Waals surface area (Å²) in [5, 5.41) is 0. The van der Waals surface area contributed by atoms with Crippen LogP contribution in [0, 0.1) is 5.41 Å². The first kappa shape index (κ1) is 12.4. The average Bonchev–Trinajstić information content (AvgIpc) is 2.13. The Morgan fingerprint density at radius 2 is 2.07 bits per heavy atom. The van der Waals surface area contributed by atoms with Crippen LogP contribution in [0.1, 0.15) is 13.8 Å². The minimum atomic E-state index is 0.0676. The van der Waals surface area contributed by atoms with Gasteiger partial charge < -0.3 is 9.47 Å². The molecule has 15 heavy (non-hydrogen) atoms. The van der Waals surface area contributed by atoms with Crippen molar-refractivity contribution in [1.82, 2.24) is 4.90 Å². The molecule has 0 aromatic carbocycles. The lowest BCUT2D eigenvalue weighted by Crippen LogP contribution is -3.19. The lowest BCUT2D eigenvalue weighted by Gasteiger charge is -2.39. The molecule has 0 spiro atoms. The van der Waals surface area contributed by atoms with E-state index in [1.54, 1.807) is 19.1 Å². The largest absolute Gasteiger partial charge is 0.421 e. The van der Waals surface area contributed by atoms with Crippen LogP contribution in [-0.4, -0.2) is 51.7 Å². The third kappa shape index (κ3) is 3.15. The number of ether oxygens (including phenoxy) is 2. The maximum absolute atomic E-state index is 11.9. The van der Waals surface area contributed by atoms with Crippen LogP contribution in [0.3, 0.4) is 0 Å². The molecule has 5 nitrogen and oxygen atoms in total. The van der Waals surface area contributed by atoms with E-state index >= 15 is 0 Å². The standard InChI is InChI=1S/C10H20N2O3/c1-10(2)5-11(7-14-3)9(13)12(6-10)8-15-4/h5-8H2,1-4H3/p+1. The van der Waals surface area contributed by atoms with Gasteiger partial charge in [-0.2, -0.15) is 0 Å². The van der Waals surface area contributed by atoms with E-state index in [-0.39, 0.29) is 11.4 Å². The van der Waals surface area contributed by atoms with Gasteiger partial charge in [0.05, 0.1) is 6.54 Å². The number of hydrogen-bond donors (Lipinski definition) is 1. The highest BCUT2D eigenvalue weighted by Crippen LogP contribution is 2.17. The first-order valence-electron chi connectivity index (χ1n) is 5.12. The molecule has 0 aliphatic carbocycles. The summed E-state index contributed by atoms with van der Waals surface area (Å²) in [7, 11) is 3.22. The first-order valence-corrected chi connectivity index (χ1v) is 5.12. The number of rotatable bonds is 4. The molecule has 0 radical (unpaired) electrons. The lowest BCUT2D eigenvalue weighted by atomic mass is 9.90. The number of hydrogen-bond acceptors (Lipinski definition) is 3. The summed E-state index contributed by atoms with van der Waals surface area (Å²) >= 11 is 0. The Morgan fingerprint density at radius 1 is 1.40 bits per heavy atom. The van der Waals surface area contributed by atoms with Crippen molar-refractivity contribution in [3.05, 3.63) is 0 Å². The van der Waals surface area contributed by atoms with Crippen LogP contribution in [0.4, 0.5) is 4.79 Å². The number of urea groups is 1. The number of carbonyl (C=O) groups excluding carboxylic acids is 1. The Bertz CT molecular complexity index is 211. The van der Waals surface area contributed by atoms with E-state index in [2.05, 4.69) is 13.8 Å². The van der Waals surface area contributed by atoms with Crippen molar-refractivity contribution < 1.29 is 19.2 Å². The molecule has 0 bridgehead atoms. The van der Waals surface area contributed by atoms with Gasteiger partial charge in [0, 0.05) is 26.2 Å². The van der Waals surface area contributed by atoms with Crippen LogP contribution < -0.4 is 4.90 Å². The van der Waals surface area contributed by atoms with Gasteiger partial charge in [0.2, 0.25) is 0 Å². The summed E-state index contributed by atoms with van der Waals surface area (Å²) in [5.41, 5.74) is 0.111. The lowest BCUT2D eigenvalue weighted by molar-refractivity contribution is -0.854. The Labute approximate surface area is 90.9 Å². The molecular weight excluding hydrogens is 196 g/mol. The quantitative estimate of drug-likeness (QED) is 0.693. The molecule has 0 saturated carbocycles. The van der Waals surface area contributed by atoms with Crippen molar-refractivity contribution in [3.63, 3.8) is 0 Å². The molecule has 1 heterocycles. The van der Waals surface area contributed by atoms with Crippen LogP contribution in [0.25, 0.3) is 0 Å². The summed E-state index contributed by atoms with van der Waals surface area (Å²) in [6.45, 7) is 6.63. The Morgan fingerprint density at radius 3 is 2.60 bits per heavy atom. The van der Waals surface area contributed by atoms with E-state index < -0.39 is 0 Å². The maximum atomic E-state index is 11.9. The number of nitrogens with one attached hydrogen (secondary N) is 1. The fraction of sp³-hybridized carbons (Fsp3) is 0.900. The molecule has 1 saturated heterocycles. The van der Waals surface area contributed by atoms with Crippen molar-refractivity contribution >= 4 is 6.03 Å². The molecule has 0 aromatic heterocycles. The van der Waals surface area contributed by atoms with E-state index in [4.69, 9.17) is 9.47 Å². The van der Waals surface area contributed by atoms with Crippen LogP contribution in [-0.2, 0) is 9.47 Å². The number of methoxy groups -OCH3 is 2. The van der Waals surface area contributed by atoms with Crippen LogP contribution >= 0.6 is 0 Å². The Kier molecular flexibility index (Phi) is 4.07. The molecule has 1 aliphatic rings. The predicted molar refractivity (Wildman–Crippen MR) is 55.5 cm³/mol. The summed E-state index contributed by atoms with van der Waals surface area (Å²) in [6, 6.07) is 0.0676. The minimum Gasteiger partial charge on any atom is -0.364 e. The van der Waals surface area contributed by atoms with Crippen molar-refractivity contribution in [2.45, 2.75) is 13.8 Å². The van der Waals surface area contributed by atoms with Crippen molar-refractivity contribution in [1.29, 1.82) is 0 Å². The highest BCUT2D eigenvalue weighted by Gasteiger charge is 2.40. The second kappa shape index (κ2) is 4.92. The molecule has 1 aliphatic heterocycles. The number of carbonyl (C=O) groups is 1. The molecule has 2 amide bonds. The molecule has 0 aromatic rings. The second-order valence-corrected chi connectivity index (χ2v) is 4.80. The highest BCUT2D eigenvalue weighted by atomic mass is 16.5. The molecular formula is C10H21N2O3+. The summed E-state index contributed by atoms with van der Waals surface area (Å²) in [4.78, 5) is 14.5. The fourth-order valence-electron chi connectivity index (χ4n) is 2.07. The Hall–Kier alpha value is -0.650. The van der Waals surface area contributed by atoms with Gasteiger partial charge in [0.25, 0.3) is 0 Å². The van der Waals surface area contributed by atoms with Crippen LogP contribution in [0.15, 0.2) is 0 Å².